The zero-order chi connectivity index (χ0) is 24.8. The molecule has 7 heteroatoms. The van der Waals surface area contributed by atoms with Gasteiger partial charge in [-0.2, -0.15) is 0 Å². The van der Waals surface area contributed by atoms with Gasteiger partial charge >= 0.3 is 11.9 Å². The first kappa shape index (κ1) is 24.6. The number of aliphatic hydroxyl groups excluding tert-OH is 1. The van der Waals surface area contributed by atoms with Crippen LogP contribution in [0.25, 0.3) is 0 Å². The summed E-state index contributed by atoms with van der Waals surface area (Å²) in [5.74, 6) is -1.16. The number of hydrogen-bond donors (Lipinski definition) is 1. The van der Waals surface area contributed by atoms with Gasteiger partial charge in [0.2, 0.25) is 0 Å². The minimum Gasteiger partial charge on any atom is -0.456 e. The Kier molecular flexibility index (Phi) is 7.60. The molecule has 182 valence electrons. The van der Waals surface area contributed by atoms with Crippen molar-refractivity contribution in [3.05, 3.63) is 108 Å². The second kappa shape index (κ2) is 10.8. The molecule has 3 aromatic carbocycles. The van der Waals surface area contributed by atoms with E-state index < -0.39 is 42.1 Å². The average Bonchev–Trinajstić information content (AvgIpc) is 2.87. The standard InChI is InChI=1S/C28H28O7/c1-19(29)33-24-18-32-27(31)26(25(24)34-20(2)30)35-28(21-12-6-3-7-13-21,22-14-8-4-9-15-22)23-16-10-5-11-17-23/h3-17,24-27,31H,18H2,1-2H3/t24-,25+,26-,27-/m1/s1. The Bertz CT molecular complexity index is 1020. The van der Waals surface area contributed by atoms with Crippen molar-refractivity contribution in [1.82, 2.24) is 0 Å². The van der Waals surface area contributed by atoms with Crippen molar-refractivity contribution in [2.24, 2.45) is 0 Å². The molecule has 1 aliphatic heterocycles. The first-order valence-electron chi connectivity index (χ1n) is 11.4. The van der Waals surface area contributed by atoms with E-state index in [0.29, 0.717) is 0 Å². The van der Waals surface area contributed by atoms with Crippen LogP contribution in [0, 0.1) is 0 Å². The number of benzene rings is 3. The van der Waals surface area contributed by atoms with Crippen LogP contribution < -0.4 is 0 Å². The molecule has 0 saturated carbocycles. The van der Waals surface area contributed by atoms with E-state index >= 15 is 0 Å². The number of carbonyl (C=O) groups is 2. The third-order valence-corrected chi connectivity index (χ3v) is 5.88. The smallest absolute Gasteiger partial charge is 0.303 e. The molecule has 0 radical (unpaired) electrons. The Hall–Kier alpha value is -3.52. The number of carbonyl (C=O) groups excluding carboxylic acids is 2. The Morgan fingerprint density at radius 2 is 1.17 bits per heavy atom. The van der Waals surface area contributed by atoms with E-state index in [9.17, 15) is 14.7 Å². The van der Waals surface area contributed by atoms with Gasteiger partial charge in [0.05, 0.1) is 6.61 Å². The molecule has 1 aliphatic rings. The molecule has 1 saturated heterocycles. The van der Waals surface area contributed by atoms with Crippen molar-refractivity contribution in [3.8, 4) is 0 Å². The second-order valence-corrected chi connectivity index (χ2v) is 8.31. The van der Waals surface area contributed by atoms with E-state index in [-0.39, 0.29) is 6.61 Å². The van der Waals surface area contributed by atoms with E-state index in [4.69, 9.17) is 18.9 Å². The van der Waals surface area contributed by atoms with E-state index in [1.54, 1.807) is 0 Å². The average molecular weight is 477 g/mol. The third kappa shape index (κ3) is 5.27. The monoisotopic (exact) mass is 476 g/mol. The zero-order valence-electron chi connectivity index (χ0n) is 19.6. The summed E-state index contributed by atoms with van der Waals surface area (Å²) in [5, 5.41) is 10.9. The van der Waals surface area contributed by atoms with Crippen molar-refractivity contribution in [3.63, 3.8) is 0 Å². The number of ether oxygens (including phenoxy) is 4. The topological polar surface area (TPSA) is 91.3 Å². The lowest BCUT2D eigenvalue weighted by Gasteiger charge is -2.45. The zero-order valence-corrected chi connectivity index (χ0v) is 19.6. The van der Waals surface area contributed by atoms with Crippen LogP contribution in [0.4, 0.5) is 0 Å². The number of hydrogen-bond acceptors (Lipinski definition) is 7. The summed E-state index contributed by atoms with van der Waals surface area (Å²) in [4.78, 5) is 23.8. The summed E-state index contributed by atoms with van der Waals surface area (Å²) in [6, 6.07) is 28.7. The maximum atomic E-state index is 12.0. The van der Waals surface area contributed by atoms with Crippen molar-refractivity contribution >= 4 is 11.9 Å². The molecule has 0 aliphatic carbocycles. The highest BCUT2D eigenvalue weighted by Gasteiger charge is 2.50. The Morgan fingerprint density at radius 3 is 1.57 bits per heavy atom. The fourth-order valence-corrected chi connectivity index (χ4v) is 4.46. The molecule has 0 spiro atoms. The summed E-state index contributed by atoms with van der Waals surface area (Å²) in [7, 11) is 0. The predicted octanol–water partition coefficient (Wildman–Crippen LogP) is 3.58. The summed E-state index contributed by atoms with van der Waals surface area (Å²) in [6.07, 6.45) is -4.68. The van der Waals surface area contributed by atoms with E-state index in [0.717, 1.165) is 16.7 Å². The Labute approximate surface area is 204 Å². The first-order chi connectivity index (χ1) is 16.9. The van der Waals surface area contributed by atoms with Crippen LogP contribution in [0.5, 0.6) is 0 Å². The van der Waals surface area contributed by atoms with E-state index in [1.165, 1.54) is 13.8 Å². The van der Waals surface area contributed by atoms with Crippen LogP contribution in [0.1, 0.15) is 30.5 Å². The molecule has 4 rings (SSSR count). The van der Waals surface area contributed by atoms with E-state index in [1.807, 2.05) is 91.0 Å². The quantitative estimate of drug-likeness (QED) is 0.412. The molecule has 1 heterocycles. The van der Waals surface area contributed by atoms with Gasteiger partial charge in [-0.1, -0.05) is 91.0 Å². The molecule has 3 aromatic rings. The molecule has 1 fully saturated rings. The fraction of sp³-hybridized carbons (Fsp3) is 0.286. The molecule has 1 N–H and O–H groups in total. The van der Waals surface area contributed by atoms with Crippen LogP contribution in [0.3, 0.4) is 0 Å². The van der Waals surface area contributed by atoms with Gasteiger partial charge in [0.1, 0.15) is 5.60 Å². The SMILES string of the molecule is CC(=O)O[C@@H]1[C@@H](OC(c2ccccc2)(c2ccccc2)c2ccccc2)[C@H](O)OC[C@H]1OC(C)=O. The lowest BCUT2D eigenvalue weighted by atomic mass is 9.79. The van der Waals surface area contributed by atoms with Crippen LogP contribution >= 0.6 is 0 Å². The van der Waals surface area contributed by atoms with Crippen LogP contribution in [-0.2, 0) is 34.1 Å². The van der Waals surface area contributed by atoms with Crippen molar-refractivity contribution < 1.29 is 33.6 Å². The van der Waals surface area contributed by atoms with Gasteiger partial charge in [-0.3, -0.25) is 9.59 Å². The minimum absolute atomic E-state index is 0.145. The van der Waals surface area contributed by atoms with Gasteiger partial charge < -0.3 is 24.1 Å². The summed E-state index contributed by atoms with van der Waals surface area (Å²) in [6.45, 7) is 2.37. The second-order valence-electron chi connectivity index (χ2n) is 8.31. The highest BCUT2D eigenvalue weighted by atomic mass is 16.7. The van der Waals surface area contributed by atoms with E-state index in [2.05, 4.69) is 0 Å². The first-order valence-corrected chi connectivity index (χ1v) is 11.4. The van der Waals surface area contributed by atoms with Crippen molar-refractivity contribution in [2.75, 3.05) is 6.61 Å². The van der Waals surface area contributed by atoms with Gasteiger partial charge in [-0.25, -0.2) is 0 Å². The predicted molar refractivity (Wildman–Crippen MR) is 127 cm³/mol. The van der Waals surface area contributed by atoms with Crippen LogP contribution in [-0.4, -0.2) is 48.3 Å². The molecule has 0 unspecified atom stereocenters. The normalized spacial score (nSPS) is 22.3. The molecule has 7 nitrogen and oxygen atoms in total. The van der Waals surface area contributed by atoms with Crippen LogP contribution in [0.2, 0.25) is 0 Å². The maximum Gasteiger partial charge on any atom is 0.303 e. The third-order valence-electron chi connectivity index (χ3n) is 5.88. The Morgan fingerprint density at radius 1 is 0.743 bits per heavy atom. The molecular formula is C28H28O7. The van der Waals surface area contributed by atoms with Gasteiger partial charge in [-0.05, 0) is 16.7 Å². The molecule has 0 bridgehead atoms. The Balaban J connectivity index is 1.90. The highest BCUT2D eigenvalue weighted by Crippen LogP contribution is 2.43. The van der Waals surface area contributed by atoms with Gasteiger partial charge in [0.25, 0.3) is 0 Å². The number of rotatable bonds is 7. The minimum atomic E-state index is -1.44. The number of aliphatic hydroxyl groups is 1. The molecule has 0 amide bonds. The summed E-state index contributed by atoms with van der Waals surface area (Å²) < 4.78 is 23.3. The van der Waals surface area contributed by atoms with Gasteiger partial charge in [-0.15, -0.1) is 0 Å². The molecule has 35 heavy (non-hydrogen) atoms. The molecule has 0 aromatic heterocycles. The summed E-state index contributed by atoms with van der Waals surface area (Å²) >= 11 is 0. The highest BCUT2D eigenvalue weighted by molar-refractivity contribution is 5.67. The molecular weight excluding hydrogens is 448 g/mol. The molecule has 4 atom stereocenters. The van der Waals surface area contributed by atoms with Crippen molar-refractivity contribution in [2.45, 2.75) is 44.1 Å². The maximum absolute atomic E-state index is 12.0. The summed E-state index contributed by atoms with van der Waals surface area (Å²) in [5.41, 5.74) is 1.16. The lowest BCUT2D eigenvalue weighted by Crippen LogP contribution is -2.59. The van der Waals surface area contributed by atoms with Crippen LogP contribution in [0.15, 0.2) is 91.0 Å². The van der Waals surface area contributed by atoms with Crippen molar-refractivity contribution in [1.29, 1.82) is 0 Å². The largest absolute Gasteiger partial charge is 0.456 e. The fourth-order valence-electron chi connectivity index (χ4n) is 4.46. The van der Waals surface area contributed by atoms with Gasteiger partial charge in [0.15, 0.2) is 24.6 Å². The number of esters is 2. The lowest BCUT2D eigenvalue weighted by molar-refractivity contribution is -0.287. The van der Waals surface area contributed by atoms with Gasteiger partial charge in [0, 0.05) is 13.8 Å².